The molecule has 0 bridgehead atoms. The van der Waals surface area contributed by atoms with E-state index in [9.17, 15) is 31.7 Å². The average molecular weight is 693 g/mol. The van der Waals surface area contributed by atoms with Gasteiger partial charge in [0.25, 0.3) is 5.69 Å². The number of alkyl halides is 5. The molecule has 2 aromatic carbocycles. The topological polar surface area (TPSA) is 87.0 Å². The monoisotopic (exact) mass is 690 g/mol. The van der Waals surface area contributed by atoms with Crippen LogP contribution in [0.25, 0.3) is 0 Å². The van der Waals surface area contributed by atoms with Gasteiger partial charge in [0.2, 0.25) is 10.0 Å². The van der Waals surface area contributed by atoms with Crippen molar-refractivity contribution in [3.63, 3.8) is 0 Å². The Morgan fingerprint density at radius 2 is 1.68 bits per heavy atom. The van der Waals surface area contributed by atoms with E-state index < -0.39 is 43.0 Å². The quantitative estimate of drug-likeness (QED) is 0.189. The fourth-order valence-electron chi connectivity index (χ4n) is 4.14. The molecule has 1 saturated heterocycles. The molecule has 15 heteroatoms. The average Bonchev–Trinajstić information content (AvgIpc) is 2.83. The number of rotatable bonds is 10. The van der Waals surface area contributed by atoms with Gasteiger partial charge in [0, 0.05) is 73.6 Å². The number of nitro groups is 1. The van der Waals surface area contributed by atoms with Gasteiger partial charge in [-0.3, -0.25) is 15.0 Å². The summed E-state index contributed by atoms with van der Waals surface area (Å²) in [5, 5.41) is 12.6. The second-order valence-corrected chi connectivity index (χ2v) is 12.2. The molecule has 1 fully saturated rings. The van der Waals surface area contributed by atoms with Crippen LogP contribution in [0.15, 0.2) is 41.3 Å². The lowest BCUT2D eigenvalue weighted by Gasteiger charge is -2.35. The second-order valence-electron chi connectivity index (χ2n) is 8.27. The minimum Gasteiger partial charge on any atom is -0.368 e. The molecule has 0 aliphatic carbocycles. The molecule has 1 aliphatic rings. The van der Waals surface area contributed by atoms with Crippen LogP contribution in [0.3, 0.4) is 0 Å². The minimum atomic E-state index is -5.02. The maximum atomic E-state index is 14.1. The van der Waals surface area contributed by atoms with Crippen LogP contribution >= 0.6 is 43.5 Å². The molecule has 0 saturated carbocycles. The van der Waals surface area contributed by atoms with Crippen LogP contribution in [0.4, 0.5) is 24.5 Å². The summed E-state index contributed by atoms with van der Waals surface area (Å²) >= 11 is 12.4. The van der Waals surface area contributed by atoms with E-state index in [1.165, 1.54) is 4.90 Å². The van der Waals surface area contributed by atoms with Crippen LogP contribution in [-0.4, -0.2) is 72.5 Å². The van der Waals surface area contributed by atoms with E-state index >= 15 is 0 Å². The van der Waals surface area contributed by atoms with Crippen LogP contribution in [0, 0.1) is 10.1 Å². The number of nitrogens with zero attached hydrogens (tertiary/aromatic N) is 4. The SMILES string of the molecule is O=[N+]([O-])c1cc(C(F)(F)F)c(N(CCBr)CCBr)c(S(=O)(=O)N2CCN(Cc3cccc(Cl)c3)CC2)c1. The Kier molecular flexibility index (Phi) is 10.3. The highest BCUT2D eigenvalue weighted by atomic mass is 79.9. The fourth-order valence-corrected chi connectivity index (χ4v) is 6.88. The summed E-state index contributed by atoms with van der Waals surface area (Å²) in [6, 6.07) is 8.38. The van der Waals surface area contributed by atoms with E-state index in [0.29, 0.717) is 30.7 Å². The number of sulfonamides is 1. The first kappa shape index (κ1) is 30.1. The summed E-state index contributed by atoms with van der Waals surface area (Å²) in [7, 11) is -4.51. The zero-order valence-corrected chi connectivity index (χ0v) is 24.2. The normalized spacial score (nSPS) is 15.6. The molecule has 0 atom stereocenters. The molecule has 8 nitrogen and oxygen atoms in total. The Balaban J connectivity index is 2.01. The van der Waals surface area contributed by atoms with Crippen LogP contribution in [-0.2, 0) is 22.7 Å². The van der Waals surface area contributed by atoms with E-state index in [-0.39, 0.29) is 36.8 Å². The van der Waals surface area contributed by atoms with Crippen molar-refractivity contribution in [2.45, 2.75) is 17.6 Å². The Morgan fingerprint density at radius 3 is 2.19 bits per heavy atom. The smallest absolute Gasteiger partial charge is 0.368 e. The first-order valence-electron chi connectivity index (χ1n) is 11.1. The van der Waals surface area contributed by atoms with Gasteiger partial charge in [0.05, 0.1) is 16.2 Å². The number of benzene rings is 2. The number of non-ortho nitro benzene ring substituents is 1. The second kappa shape index (κ2) is 12.6. The van der Waals surface area contributed by atoms with Crippen LogP contribution in [0.5, 0.6) is 0 Å². The summed E-state index contributed by atoms with van der Waals surface area (Å²) in [4.78, 5) is 13.0. The Morgan fingerprint density at radius 1 is 1.05 bits per heavy atom. The van der Waals surface area contributed by atoms with Crippen LogP contribution in [0.2, 0.25) is 5.02 Å². The number of anilines is 1. The van der Waals surface area contributed by atoms with E-state index in [0.717, 1.165) is 15.9 Å². The van der Waals surface area contributed by atoms with E-state index in [1.807, 2.05) is 17.0 Å². The number of nitro benzene ring substituents is 1. The van der Waals surface area contributed by atoms with Crippen molar-refractivity contribution in [3.8, 4) is 0 Å². The molecule has 0 aromatic heterocycles. The van der Waals surface area contributed by atoms with Gasteiger partial charge < -0.3 is 4.90 Å². The van der Waals surface area contributed by atoms with Gasteiger partial charge >= 0.3 is 6.18 Å². The molecular formula is C22H24Br2ClF3N4O4S. The van der Waals surface area contributed by atoms with Crippen LogP contribution in [0.1, 0.15) is 11.1 Å². The van der Waals surface area contributed by atoms with Crippen molar-refractivity contribution in [2.75, 3.05) is 54.8 Å². The van der Waals surface area contributed by atoms with Gasteiger partial charge in [-0.05, 0) is 17.7 Å². The summed E-state index contributed by atoms with van der Waals surface area (Å²) in [6.07, 6.45) is -5.02. The third kappa shape index (κ3) is 7.35. The molecule has 1 aliphatic heterocycles. The van der Waals surface area contributed by atoms with Gasteiger partial charge in [-0.15, -0.1) is 0 Å². The molecule has 3 rings (SSSR count). The van der Waals surface area contributed by atoms with Gasteiger partial charge in [0.15, 0.2) is 0 Å². The highest BCUT2D eigenvalue weighted by Gasteiger charge is 2.42. The van der Waals surface area contributed by atoms with E-state index in [1.54, 1.807) is 12.1 Å². The van der Waals surface area contributed by atoms with Gasteiger partial charge in [0.1, 0.15) is 4.90 Å². The lowest BCUT2D eigenvalue weighted by Crippen LogP contribution is -2.48. The number of halogens is 6. The van der Waals surface area contributed by atoms with Crippen LogP contribution < -0.4 is 4.90 Å². The Labute approximate surface area is 234 Å². The van der Waals surface area contributed by atoms with E-state index in [4.69, 9.17) is 11.6 Å². The summed E-state index contributed by atoms with van der Waals surface area (Å²) in [6.45, 7) is 1.33. The molecule has 0 unspecified atom stereocenters. The Bertz CT molecular complexity index is 1220. The summed E-state index contributed by atoms with van der Waals surface area (Å²) in [5.41, 5.74) is -1.94. The zero-order valence-electron chi connectivity index (χ0n) is 19.4. The minimum absolute atomic E-state index is 0.0171. The molecular weight excluding hydrogens is 669 g/mol. The maximum absolute atomic E-state index is 14.1. The van der Waals surface area contributed by atoms with Gasteiger partial charge in [-0.1, -0.05) is 55.6 Å². The maximum Gasteiger partial charge on any atom is 0.418 e. The Hall–Kier alpha value is -1.45. The fraction of sp³-hybridized carbons (Fsp3) is 0.455. The number of hydrogen-bond acceptors (Lipinski definition) is 6. The molecule has 0 amide bonds. The van der Waals surface area contributed by atoms with Crippen molar-refractivity contribution in [1.82, 2.24) is 9.21 Å². The predicted octanol–water partition coefficient (Wildman–Crippen LogP) is 5.37. The van der Waals surface area contributed by atoms with Crippen molar-refractivity contribution >= 4 is 64.9 Å². The molecule has 0 radical (unpaired) electrons. The standard InChI is InChI=1S/C22H24Br2ClF3N4O4S/c23-4-6-30(7-5-24)21-19(22(26,27)28)13-18(32(33)34)14-20(21)37(35,36)31-10-8-29(9-11-31)15-16-2-1-3-17(25)12-16/h1-3,12-14H,4-11,15H2. The lowest BCUT2D eigenvalue weighted by atomic mass is 10.1. The molecule has 2 aromatic rings. The zero-order chi connectivity index (χ0) is 27.4. The third-order valence-electron chi connectivity index (χ3n) is 5.85. The van der Waals surface area contributed by atoms with Crippen molar-refractivity contribution < 1.29 is 26.5 Å². The lowest BCUT2D eigenvalue weighted by molar-refractivity contribution is -0.385. The largest absolute Gasteiger partial charge is 0.418 e. The molecule has 204 valence electrons. The first-order valence-corrected chi connectivity index (χ1v) is 15.2. The highest BCUT2D eigenvalue weighted by molar-refractivity contribution is 9.09. The van der Waals surface area contributed by atoms with Gasteiger partial charge in [-0.25, -0.2) is 8.42 Å². The molecule has 37 heavy (non-hydrogen) atoms. The third-order valence-corrected chi connectivity index (χ3v) is 8.70. The van der Waals surface area contributed by atoms with Crippen molar-refractivity contribution in [2.24, 2.45) is 0 Å². The molecule has 0 spiro atoms. The predicted molar refractivity (Wildman–Crippen MR) is 143 cm³/mol. The molecule has 1 heterocycles. The van der Waals surface area contributed by atoms with Crippen molar-refractivity contribution in [1.29, 1.82) is 0 Å². The highest BCUT2D eigenvalue weighted by Crippen LogP contribution is 2.44. The summed E-state index contributed by atoms with van der Waals surface area (Å²) < 4.78 is 71.0. The van der Waals surface area contributed by atoms with Crippen molar-refractivity contribution in [3.05, 3.63) is 62.7 Å². The first-order chi connectivity index (χ1) is 17.4. The van der Waals surface area contributed by atoms with E-state index in [2.05, 4.69) is 31.9 Å². The molecule has 0 N–H and O–H groups in total. The number of piperazine rings is 1. The van der Waals surface area contributed by atoms with Gasteiger partial charge in [-0.2, -0.15) is 17.5 Å². The summed E-state index contributed by atoms with van der Waals surface area (Å²) in [5.74, 6) is 0. The number of hydrogen-bond donors (Lipinski definition) is 0.